The minimum absolute atomic E-state index is 0.00617. The highest BCUT2D eigenvalue weighted by molar-refractivity contribution is 5.86. The molecule has 3 aliphatic rings. The van der Waals surface area contributed by atoms with E-state index in [0.29, 0.717) is 30.9 Å². The third kappa shape index (κ3) is 3.06. The van der Waals surface area contributed by atoms with Gasteiger partial charge in [0, 0.05) is 51.0 Å². The van der Waals surface area contributed by atoms with Gasteiger partial charge in [0.1, 0.15) is 0 Å². The summed E-state index contributed by atoms with van der Waals surface area (Å²) in [5.74, 6) is 2.19. The Bertz CT molecular complexity index is 829. The number of amides is 1. The third-order valence-corrected chi connectivity index (χ3v) is 6.25. The molecule has 1 N–H and O–H groups in total. The van der Waals surface area contributed by atoms with Crippen molar-refractivity contribution in [3.63, 3.8) is 0 Å². The third-order valence-electron chi connectivity index (χ3n) is 6.25. The van der Waals surface area contributed by atoms with Gasteiger partial charge in [0.05, 0.1) is 11.5 Å². The predicted molar refractivity (Wildman–Crippen MR) is 105 cm³/mol. The molecule has 0 bridgehead atoms. The van der Waals surface area contributed by atoms with Crippen LogP contribution in [0, 0.1) is 11.3 Å². The van der Waals surface area contributed by atoms with Crippen LogP contribution in [0.2, 0.25) is 0 Å². The Morgan fingerprint density at radius 3 is 2.43 bits per heavy atom. The number of piperidine rings is 1. The van der Waals surface area contributed by atoms with Gasteiger partial charge in [-0.25, -0.2) is 19.9 Å². The first-order chi connectivity index (χ1) is 13.8. The Morgan fingerprint density at radius 2 is 1.75 bits per heavy atom. The number of hydrogen-bond acceptors (Lipinski definition) is 7. The van der Waals surface area contributed by atoms with Crippen LogP contribution in [0.1, 0.15) is 25.7 Å². The maximum absolute atomic E-state index is 13.4. The number of hydrogen-bond donors (Lipinski definition) is 1. The van der Waals surface area contributed by atoms with Gasteiger partial charge in [0.2, 0.25) is 17.8 Å². The fourth-order valence-corrected chi connectivity index (χ4v) is 4.61. The lowest BCUT2D eigenvalue weighted by Crippen LogP contribution is -2.59. The second kappa shape index (κ2) is 7.00. The molecule has 1 aliphatic carbocycles. The van der Waals surface area contributed by atoms with E-state index in [0.717, 1.165) is 25.9 Å². The quantitative estimate of drug-likeness (QED) is 0.837. The molecular formula is C20H25N7O. The molecule has 2 aromatic heterocycles. The molecule has 146 valence electrons. The standard InChI is InChI=1S/C20H25N7O/c28-17(25-12-15-4-5-15)20-6-1-11-27(19-23-9-3-10-24-19)16(20)13-26(14-20)18-21-7-2-8-22-18/h2-3,7-10,15-16H,1,4-6,11-14H2,(H,25,28)/t16-,20-/m0/s1. The smallest absolute Gasteiger partial charge is 0.230 e. The second-order valence-corrected chi connectivity index (χ2v) is 8.10. The van der Waals surface area contributed by atoms with Crippen LogP contribution < -0.4 is 15.1 Å². The van der Waals surface area contributed by atoms with E-state index in [1.54, 1.807) is 24.8 Å². The van der Waals surface area contributed by atoms with Gasteiger partial charge in [-0.15, -0.1) is 0 Å². The van der Waals surface area contributed by atoms with Crippen LogP contribution in [0.25, 0.3) is 0 Å². The summed E-state index contributed by atoms with van der Waals surface area (Å²) in [5.41, 5.74) is -0.495. The van der Waals surface area contributed by atoms with Crippen molar-refractivity contribution in [3.05, 3.63) is 36.9 Å². The van der Waals surface area contributed by atoms with E-state index in [1.165, 1.54) is 12.8 Å². The number of aromatic nitrogens is 4. The van der Waals surface area contributed by atoms with E-state index in [-0.39, 0.29) is 11.9 Å². The van der Waals surface area contributed by atoms with Gasteiger partial charge in [-0.2, -0.15) is 0 Å². The maximum Gasteiger partial charge on any atom is 0.230 e. The fourth-order valence-electron chi connectivity index (χ4n) is 4.61. The van der Waals surface area contributed by atoms with Crippen molar-refractivity contribution in [2.75, 3.05) is 36.0 Å². The van der Waals surface area contributed by atoms with Crippen LogP contribution in [-0.4, -0.2) is 58.1 Å². The van der Waals surface area contributed by atoms with Crippen LogP contribution in [0.15, 0.2) is 36.9 Å². The molecule has 0 unspecified atom stereocenters. The number of carbonyl (C=O) groups excluding carboxylic acids is 1. The van der Waals surface area contributed by atoms with Crippen LogP contribution >= 0.6 is 0 Å². The van der Waals surface area contributed by atoms with Crippen molar-refractivity contribution in [1.29, 1.82) is 0 Å². The van der Waals surface area contributed by atoms with Gasteiger partial charge in [-0.05, 0) is 43.7 Å². The molecule has 5 rings (SSSR count). The van der Waals surface area contributed by atoms with Crippen molar-refractivity contribution in [2.24, 2.45) is 11.3 Å². The zero-order valence-corrected chi connectivity index (χ0v) is 15.9. The molecule has 3 fully saturated rings. The van der Waals surface area contributed by atoms with E-state index >= 15 is 0 Å². The normalized spacial score (nSPS) is 26.8. The Kier molecular flexibility index (Phi) is 4.33. The van der Waals surface area contributed by atoms with Crippen LogP contribution in [-0.2, 0) is 4.79 Å². The molecular weight excluding hydrogens is 354 g/mol. The first-order valence-corrected chi connectivity index (χ1v) is 10.1. The zero-order chi connectivity index (χ0) is 19.0. The van der Waals surface area contributed by atoms with Crippen molar-refractivity contribution >= 4 is 17.8 Å². The molecule has 0 aromatic carbocycles. The Morgan fingerprint density at radius 1 is 1.07 bits per heavy atom. The molecule has 0 radical (unpaired) electrons. The van der Waals surface area contributed by atoms with Crippen LogP contribution in [0.5, 0.6) is 0 Å². The molecule has 2 aliphatic heterocycles. The summed E-state index contributed by atoms with van der Waals surface area (Å²) in [7, 11) is 0. The first-order valence-electron chi connectivity index (χ1n) is 10.1. The van der Waals surface area contributed by atoms with Crippen molar-refractivity contribution < 1.29 is 4.79 Å². The van der Waals surface area contributed by atoms with Crippen LogP contribution in [0.4, 0.5) is 11.9 Å². The Labute approximate surface area is 164 Å². The summed E-state index contributed by atoms with van der Waals surface area (Å²) in [4.78, 5) is 35.6. The van der Waals surface area contributed by atoms with Gasteiger partial charge in [-0.3, -0.25) is 4.79 Å². The summed E-state index contributed by atoms with van der Waals surface area (Å²) in [6.45, 7) is 2.97. The zero-order valence-electron chi connectivity index (χ0n) is 15.9. The van der Waals surface area contributed by atoms with E-state index in [4.69, 9.17) is 0 Å². The molecule has 0 spiro atoms. The maximum atomic E-state index is 13.4. The molecule has 2 saturated heterocycles. The SMILES string of the molecule is O=C(NCC1CC1)[C@]12CCCN(c3ncccn3)[C@H]1CN(c1ncccn1)C2. The van der Waals surface area contributed by atoms with Crippen molar-refractivity contribution in [2.45, 2.75) is 31.7 Å². The minimum Gasteiger partial charge on any atom is -0.355 e. The molecule has 1 amide bonds. The molecule has 8 nitrogen and oxygen atoms in total. The van der Waals surface area contributed by atoms with E-state index < -0.39 is 5.41 Å². The highest BCUT2D eigenvalue weighted by atomic mass is 16.2. The van der Waals surface area contributed by atoms with Gasteiger partial charge in [0.25, 0.3) is 0 Å². The summed E-state index contributed by atoms with van der Waals surface area (Å²) < 4.78 is 0. The van der Waals surface area contributed by atoms with Gasteiger partial charge in [-0.1, -0.05) is 0 Å². The number of nitrogens with zero attached hydrogens (tertiary/aromatic N) is 6. The Hall–Kier alpha value is -2.77. The second-order valence-electron chi connectivity index (χ2n) is 8.10. The lowest BCUT2D eigenvalue weighted by atomic mass is 9.74. The summed E-state index contributed by atoms with van der Waals surface area (Å²) in [6.07, 6.45) is 11.3. The number of carbonyl (C=O) groups is 1. The lowest BCUT2D eigenvalue weighted by molar-refractivity contribution is -0.131. The van der Waals surface area contributed by atoms with E-state index in [1.807, 2.05) is 12.1 Å². The minimum atomic E-state index is -0.495. The lowest BCUT2D eigenvalue weighted by Gasteiger charge is -2.44. The van der Waals surface area contributed by atoms with Gasteiger partial charge >= 0.3 is 0 Å². The molecule has 2 atom stereocenters. The highest BCUT2D eigenvalue weighted by Crippen LogP contribution is 2.44. The number of rotatable bonds is 5. The summed E-state index contributed by atoms with van der Waals surface area (Å²) >= 11 is 0. The highest BCUT2D eigenvalue weighted by Gasteiger charge is 2.57. The van der Waals surface area contributed by atoms with E-state index in [9.17, 15) is 4.79 Å². The summed E-state index contributed by atoms with van der Waals surface area (Å²) in [5, 5.41) is 3.25. The number of fused-ring (bicyclic) bond motifs is 1. The number of anilines is 2. The Balaban J connectivity index is 1.47. The van der Waals surface area contributed by atoms with Crippen molar-refractivity contribution in [1.82, 2.24) is 25.3 Å². The topological polar surface area (TPSA) is 87.1 Å². The monoisotopic (exact) mass is 379 g/mol. The average molecular weight is 379 g/mol. The van der Waals surface area contributed by atoms with Gasteiger partial charge < -0.3 is 15.1 Å². The molecule has 2 aromatic rings. The summed E-state index contributed by atoms with van der Waals surface area (Å²) in [6, 6.07) is 3.64. The molecule has 1 saturated carbocycles. The fraction of sp³-hybridized carbons (Fsp3) is 0.550. The molecule has 4 heterocycles. The predicted octanol–water partition coefficient (Wildman–Crippen LogP) is 1.27. The van der Waals surface area contributed by atoms with E-state index in [2.05, 4.69) is 35.1 Å². The average Bonchev–Trinajstić information content (AvgIpc) is 3.50. The molecule has 28 heavy (non-hydrogen) atoms. The van der Waals surface area contributed by atoms with Crippen molar-refractivity contribution in [3.8, 4) is 0 Å². The largest absolute Gasteiger partial charge is 0.355 e. The van der Waals surface area contributed by atoms with Gasteiger partial charge in [0.15, 0.2) is 0 Å². The first kappa shape index (κ1) is 17.3. The molecule has 8 heteroatoms. The number of nitrogens with one attached hydrogen (secondary N) is 1. The van der Waals surface area contributed by atoms with Crippen LogP contribution in [0.3, 0.4) is 0 Å².